The van der Waals surface area contributed by atoms with Crippen LogP contribution in [0.4, 0.5) is 10.5 Å². The van der Waals surface area contributed by atoms with Crippen LogP contribution in [0.2, 0.25) is 0 Å². The second-order valence-electron chi connectivity index (χ2n) is 6.09. The molecular weight excluding hydrogens is 374 g/mol. The minimum atomic E-state index is -0.253. The molecule has 2 aliphatic heterocycles. The van der Waals surface area contributed by atoms with Gasteiger partial charge in [0, 0.05) is 36.6 Å². The molecular formula is C17H22BrN3O3. The van der Waals surface area contributed by atoms with Gasteiger partial charge >= 0.3 is 6.09 Å². The Balaban J connectivity index is 1.90. The van der Waals surface area contributed by atoms with Crippen molar-refractivity contribution in [3.63, 3.8) is 0 Å². The number of likely N-dealkylation sites (N-methyl/N-ethyl adjacent to an activating group) is 1. The van der Waals surface area contributed by atoms with Crippen LogP contribution in [0.15, 0.2) is 22.7 Å². The van der Waals surface area contributed by atoms with Crippen molar-refractivity contribution in [1.82, 2.24) is 10.2 Å². The number of piperidine rings is 1. The molecule has 24 heavy (non-hydrogen) atoms. The first-order valence-corrected chi connectivity index (χ1v) is 9.03. The lowest BCUT2D eigenvalue weighted by Gasteiger charge is -2.38. The molecule has 2 aliphatic rings. The standard InChI is InChI=1S/C17H22BrN3O3/c1-3-24-17(23)20-8-7-14-12(9-20)11-5-4-6-13(18)16(11)21(14)10-15(22)19-2/h4-6,12,14H,3,7-10H2,1-2H3,(H,19,22). The number of halogens is 1. The fourth-order valence-electron chi connectivity index (χ4n) is 3.73. The maximum Gasteiger partial charge on any atom is 0.409 e. The third-order valence-electron chi connectivity index (χ3n) is 4.80. The normalized spacial score (nSPS) is 22.0. The average molecular weight is 396 g/mol. The van der Waals surface area contributed by atoms with Crippen molar-refractivity contribution in [2.45, 2.75) is 25.3 Å². The molecule has 0 aliphatic carbocycles. The zero-order chi connectivity index (χ0) is 17.3. The monoisotopic (exact) mass is 395 g/mol. The Labute approximate surface area is 150 Å². The summed E-state index contributed by atoms with van der Waals surface area (Å²) in [7, 11) is 1.65. The number of hydrogen-bond donors (Lipinski definition) is 1. The Kier molecular flexibility index (Phi) is 4.99. The van der Waals surface area contributed by atoms with E-state index in [9.17, 15) is 9.59 Å². The SMILES string of the molecule is CCOC(=O)N1CCC2C(C1)c1cccc(Br)c1N2CC(=O)NC. The maximum absolute atomic E-state index is 12.1. The Hall–Kier alpha value is -1.76. The minimum absolute atomic E-state index is 0.00910. The summed E-state index contributed by atoms with van der Waals surface area (Å²) >= 11 is 3.62. The highest BCUT2D eigenvalue weighted by atomic mass is 79.9. The van der Waals surface area contributed by atoms with Gasteiger partial charge in [0.25, 0.3) is 0 Å². The number of nitrogens with one attached hydrogen (secondary N) is 1. The largest absolute Gasteiger partial charge is 0.450 e. The van der Waals surface area contributed by atoms with Crippen molar-refractivity contribution in [3.05, 3.63) is 28.2 Å². The molecule has 2 unspecified atom stereocenters. The maximum atomic E-state index is 12.1. The summed E-state index contributed by atoms with van der Waals surface area (Å²) in [4.78, 5) is 28.0. The van der Waals surface area contributed by atoms with Crippen molar-refractivity contribution < 1.29 is 14.3 Å². The van der Waals surface area contributed by atoms with Gasteiger partial charge in [-0.25, -0.2) is 4.79 Å². The number of anilines is 1. The molecule has 1 aromatic carbocycles. The van der Waals surface area contributed by atoms with E-state index in [2.05, 4.69) is 32.2 Å². The molecule has 2 heterocycles. The van der Waals surface area contributed by atoms with Crippen LogP contribution < -0.4 is 10.2 Å². The molecule has 0 spiro atoms. The molecule has 0 aromatic heterocycles. The number of amides is 2. The summed E-state index contributed by atoms with van der Waals surface area (Å²) in [5.41, 5.74) is 2.26. The Bertz CT molecular complexity index is 652. The quantitative estimate of drug-likeness (QED) is 0.852. The Morgan fingerprint density at radius 3 is 2.92 bits per heavy atom. The van der Waals surface area contributed by atoms with Crippen molar-refractivity contribution in [3.8, 4) is 0 Å². The fraction of sp³-hybridized carbons (Fsp3) is 0.529. The number of likely N-dealkylation sites (tertiary alicyclic amines) is 1. The third kappa shape index (κ3) is 2.97. The lowest BCUT2D eigenvalue weighted by atomic mass is 9.89. The van der Waals surface area contributed by atoms with Crippen LogP contribution in [-0.2, 0) is 9.53 Å². The first-order chi connectivity index (χ1) is 11.6. The first kappa shape index (κ1) is 17.1. The molecule has 6 nitrogen and oxygen atoms in total. The summed E-state index contributed by atoms with van der Waals surface area (Å²) in [6.07, 6.45) is 0.568. The molecule has 3 rings (SSSR count). The van der Waals surface area contributed by atoms with Gasteiger partial charge in [-0.1, -0.05) is 12.1 Å². The number of hydrogen-bond acceptors (Lipinski definition) is 4. The molecule has 130 valence electrons. The first-order valence-electron chi connectivity index (χ1n) is 8.24. The number of fused-ring (bicyclic) bond motifs is 3. The predicted molar refractivity (Wildman–Crippen MR) is 95.3 cm³/mol. The zero-order valence-corrected chi connectivity index (χ0v) is 15.5. The van der Waals surface area contributed by atoms with Gasteiger partial charge in [0.05, 0.1) is 18.8 Å². The van der Waals surface area contributed by atoms with Crippen molar-refractivity contribution in [2.24, 2.45) is 0 Å². The van der Waals surface area contributed by atoms with E-state index in [-0.39, 0.29) is 24.0 Å². The van der Waals surface area contributed by atoms with Crippen LogP contribution in [0.25, 0.3) is 0 Å². The Morgan fingerprint density at radius 2 is 2.21 bits per heavy atom. The van der Waals surface area contributed by atoms with Crippen LogP contribution in [-0.4, -0.2) is 56.2 Å². The van der Waals surface area contributed by atoms with E-state index in [0.717, 1.165) is 16.6 Å². The summed E-state index contributed by atoms with van der Waals surface area (Å²) in [6, 6.07) is 6.32. The topological polar surface area (TPSA) is 61.9 Å². The second-order valence-corrected chi connectivity index (χ2v) is 6.94. The molecule has 1 saturated heterocycles. The van der Waals surface area contributed by atoms with Gasteiger partial charge in [-0.05, 0) is 40.9 Å². The van der Waals surface area contributed by atoms with Crippen molar-refractivity contribution in [1.29, 1.82) is 0 Å². The van der Waals surface area contributed by atoms with E-state index >= 15 is 0 Å². The molecule has 0 saturated carbocycles. The lowest BCUT2D eigenvalue weighted by Crippen LogP contribution is -2.50. The highest BCUT2D eigenvalue weighted by Gasteiger charge is 2.44. The molecule has 2 amide bonds. The number of ether oxygens (including phenoxy) is 1. The molecule has 0 radical (unpaired) electrons. The number of rotatable bonds is 3. The molecule has 1 N–H and O–H groups in total. The Morgan fingerprint density at radius 1 is 1.42 bits per heavy atom. The van der Waals surface area contributed by atoms with E-state index < -0.39 is 0 Å². The van der Waals surface area contributed by atoms with E-state index in [1.165, 1.54) is 5.56 Å². The average Bonchev–Trinajstić information content (AvgIpc) is 2.89. The van der Waals surface area contributed by atoms with Gasteiger partial charge in [0.1, 0.15) is 0 Å². The van der Waals surface area contributed by atoms with E-state index in [1.807, 2.05) is 19.1 Å². The number of carbonyl (C=O) groups excluding carboxylic acids is 2. The van der Waals surface area contributed by atoms with E-state index in [1.54, 1.807) is 11.9 Å². The van der Waals surface area contributed by atoms with Gasteiger partial charge in [0.2, 0.25) is 5.91 Å². The third-order valence-corrected chi connectivity index (χ3v) is 5.44. The molecule has 1 fully saturated rings. The van der Waals surface area contributed by atoms with Gasteiger partial charge in [0.15, 0.2) is 0 Å². The summed E-state index contributed by atoms with van der Waals surface area (Å²) < 4.78 is 6.14. The summed E-state index contributed by atoms with van der Waals surface area (Å²) in [5, 5.41) is 2.70. The smallest absolute Gasteiger partial charge is 0.409 e. The number of nitrogens with zero attached hydrogens (tertiary/aromatic N) is 2. The molecule has 1 aromatic rings. The van der Waals surface area contributed by atoms with Crippen molar-refractivity contribution >= 4 is 33.6 Å². The highest BCUT2D eigenvalue weighted by molar-refractivity contribution is 9.10. The second kappa shape index (κ2) is 7.01. The zero-order valence-electron chi connectivity index (χ0n) is 13.9. The molecule has 0 bridgehead atoms. The highest BCUT2D eigenvalue weighted by Crippen LogP contribution is 2.47. The van der Waals surface area contributed by atoms with Crippen molar-refractivity contribution in [2.75, 3.05) is 38.2 Å². The van der Waals surface area contributed by atoms with Gasteiger partial charge in [-0.15, -0.1) is 0 Å². The number of carbonyl (C=O) groups is 2. The van der Waals surface area contributed by atoms with Gasteiger partial charge in [-0.3, -0.25) is 4.79 Å². The summed E-state index contributed by atoms with van der Waals surface area (Å²) in [6.45, 7) is 3.80. The number of benzene rings is 1. The summed E-state index contributed by atoms with van der Waals surface area (Å²) in [5.74, 6) is 0.186. The fourth-order valence-corrected chi connectivity index (χ4v) is 4.34. The van der Waals surface area contributed by atoms with Crippen LogP contribution in [0, 0.1) is 0 Å². The predicted octanol–water partition coefficient (Wildman–Crippen LogP) is 2.33. The van der Waals surface area contributed by atoms with E-state index in [4.69, 9.17) is 4.74 Å². The lowest BCUT2D eigenvalue weighted by molar-refractivity contribution is -0.119. The van der Waals surface area contributed by atoms with Gasteiger partial charge in [-0.2, -0.15) is 0 Å². The van der Waals surface area contributed by atoms with Crippen LogP contribution in [0.5, 0.6) is 0 Å². The molecule has 7 heteroatoms. The van der Waals surface area contributed by atoms with Crippen LogP contribution in [0.3, 0.4) is 0 Å². The number of para-hydroxylation sites is 1. The molecule has 2 atom stereocenters. The van der Waals surface area contributed by atoms with Crippen LogP contribution in [0.1, 0.15) is 24.8 Å². The van der Waals surface area contributed by atoms with Gasteiger partial charge < -0.3 is 19.9 Å². The van der Waals surface area contributed by atoms with E-state index in [0.29, 0.717) is 26.2 Å². The minimum Gasteiger partial charge on any atom is -0.450 e. The van der Waals surface area contributed by atoms with Crippen LogP contribution >= 0.6 is 15.9 Å².